The smallest absolute Gasteiger partial charge is 0.273 e. The molecule has 8 heteroatoms. The molecular formula is C17H14FN5O2. The van der Waals surface area contributed by atoms with E-state index in [1.807, 2.05) is 0 Å². The average Bonchev–Trinajstić information content (AvgIpc) is 3.08. The molecule has 1 fully saturated rings. The van der Waals surface area contributed by atoms with Crippen molar-refractivity contribution in [2.24, 2.45) is 0 Å². The van der Waals surface area contributed by atoms with Crippen LogP contribution in [-0.2, 0) is 4.79 Å². The highest BCUT2D eigenvalue weighted by Crippen LogP contribution is 2.25. The lowest BCUT2D eigenvalue weighted by Gasteiger charge is -2.35. The Morgan fingerprint density at radius 1 is 1.28 bits per heavy atom. The number of H-pyrrole nitrogens is 1. The summed E-state index contributed by atoms with van der Waals surface area (Å²) in [5.41, 5.74) is 1.12. The van der Waals surface area contributed by atoms with Crippen LogP contribution in [0.15, 0.2) is 42.6 Å². The molecule has 3 heterocycles. The number of carbonyl (C=O) groups is 2. The second kappa shape index (κ2) is 5.97. The predicted octanol–water partition coefficient (Wildman–Crippen LogP) is 1.41. The third-order valence-corrected chi connectivity index (χ3v) is 4.16. The number of aromatic nitrogens is 3. The SMILES string of the molecule is O=C1NCCN(C(=O)c2ccc3cn[nH]c3n2)C1c1cccc(F)c1. The molecule has 3 aromatic rings. The predicted molar refractivity (Wildman–Crippen MR) is 87.1 cm³/mol. The van der Waals surface area contributed by atoms with E-state index < -0.39 is 11.9 Å². The van der Waals surface area contributed by atoms with Gasteiger partial charge in [0.25, 0.3) is 5.91 Å². The number of piperazine rings is 1. The van der Waals surface area contributed by atoms with Gasteiger partial charge in [-0.3, -0.25) is 14.7 Å². The topological polar surface area (TPSA) is 91.0 Å². The van der Waals surface area contributed by atoms with Gasteiger partial charge in [0, 0.05) is 18.5 Å². The van der Waals surface area contributed by atoms with Gasteiger partial charge in [0.15, 0.2) is 5.65 Å². The van der Waals surface area contributed by atoms with E-state index in [1.165, 1.54) is 23.1 Å². The molecule has 7 nitrogen and oxygen atoms in total. The van der Waals surface area contributed by atoms with Gasteiger partial charge in [0.1, 0.15) is 17.6 Å². The molecule has 0 spiro atoms. The zero-order chi connectivity index (χ0) is 17.4. The Bertz CT molecular complexity index is 970. The van der Waals surface area contributed by atoms with E-state index in [-0.39, 0.29) is 17.5 Å². The summed E-state index contributed by atoms with van der Waals surface area (Å²) in [5, 5.41) is 10.1. The molecule has 1 aliphatic rings. The Morgan fingerprint density at radius 2 is 2.16 bits per heavy atom. The van der Waals surface area contributed by atoms with E-state index in [9.17, 15) is 14.0 Å². The first-order valence-electron chi connectivity index (χ1n) is 7.78. The van der Waals surface area contributed by atoms with Crippen LogP contribution in [0.25, 0.3) is 11.0 Å². The van der Waals surface area contributed by atoms with Gasteiger partial charge in [-0.25, -0.2) is 9.37 Å². The molecular weight excluding hydrogens is 325 g/mol. The van der Waals surface area contributed by atoms with Gasteiger partial charge in [0.05, 0.1) is 6.20 Å². The van der Waals surface area contributed by atoms with E-state index in [2.05, 4.69) is 20.5 Å². The van der Waals surface area contributed by atoms with E-state index in [0.717, 1.165) is 5.39 Å². The van der Waals surface area contributed by atoms with Gasteiger partial charge in [-0.2, -0.15) is 5.10 Å². The summed E-state index contributed by atoms with van der Waals surface area (Å²) in [7, 11) is 0. The molecule has 0 aliphatic carbocycles. The molecule has 25 heavy (non-hydrogen) atoms. The summed E-state index contributed by atoms with van der Waals surface area (Å²) in [6, 6.07) is 8.14. The van der Waals surface area contributed by atoms with Crippen molar-refractivity contribution in [1.82, 2.24) is 25.4 Å². The maximum atomic E-state index is 13.6. The van der Waals surface area contributed by atoms with E-state index >= 15 is 0 Å². The third kappa shape index (κ3) is 2.71. The summed E-state index contributed by atoms with van der Waals surface area (Å²) in [5.74, 6) is -1.19. The van der Waals surface area contributed by atoms with Crippen LogP contribution in [0.3, 0.4) is 0 Å². The number of nitrogens with one attached hydrogen (secondary N) is 2. The molecule has 1 atom stereocenters. The number of hydrogen-bond donors (Lipinski definition) is 2. The largest absolute Gasteiger partial charge is 0.352 e. The molecule has 1 aromatic carbocycles. The van der Waals surface area contributed by atoms with Gasteiger partial charge < -0.3 is 10.2 Å². The number of carbonyl (C=O) groups excluding carboxylic acids is 2. The molecule has 0 bridgehead atoms. The number of amides is 2. The number of halogens is 1. The van der Waals surface area contributed by atoms with Gasteiger partial charge in [0.2, 0.25) is 5.91 Å². The molecule has 1 unspecified atom stereocenters. The van der Waals surface area contributed by atoms with E-state index in [1.54, 1.807) is 24.4 Å². The minimum absolute atomic E-state index is 0.202. The van der Waals surface area contributed by atoms with Crippen molar-refractivity contribution in [3.63, 3.8) is 0 Å². The van der Waals surface area contributed by atoms with Crippen molar-refractivity contribution in [2.75, 3.05) is 13.1 Å². The molecule has 1 aliphatic heterocycles. The van der Waals surface area contributed by atoms with Crippen LogP contribution in [0.4, 0.5) is 4.39 Å². The van der Waals surface area contributed by atoms with Gasteiger partial charge in [-0.05, 0) is 29.8 Å². The highest BCUT2D eigenvalue weighted by atomic mass is 19.1. The van der Waals surface area contributed by atoms with Crippen LogP contribution in [0.2, 0.25) is 0 Å². The van der Waals surface area contributed by atoms with Crippen molar-refractivity contribution >= 4 is 22.8 Å². The van der Waals surface area contributed by atoms with Gasteiger partial charge in [-0.15, -0.1) is 0 Å². The van der Waals surface area contributed by atoms with Crippen molar-refractivity contribution < 1.29 is 14.0 Å². The van der Waals surface area contributed by atoms with E-state index in [4.69, 9.17) is 0 Å². The average molecular weight is 339 g/mol. The lowest BCUT2D eigenvalue weighted by Crippen LogP contribution is -2.52. The first kappa shape index (κ1) is 15.3. The van der Waals surface area contributed by atoms with Crippen LogP contribution in [0, 0.1) is 5.82 Å². The fraction of sp³-hybridized carbons (Fsp3) is 0.176. The molecule has 0 radical (unpaired) electrons. The molecule has 1 saturated heterocycles. The summed E-state index contributed by atoms with van der Waals surface area (Å²) < 4.78 is 13.6. The zero-order valence-corrected chi connectivity index (χ0v) is 13.1. The van der Waals surface area contributed by atoms with Crippen LogP contribution >= 0.6 is 0 Å². The Morgan fingerprint density at radius 3 is 3.00 bits per heavy atom. The summed E-state index contributed by atoms with van der Waals surface area (Å²) in [6.45, 7) is 0.650. The second-order valence-electron chi connectivity index (χ2n) is 5.75. The maximum Gasteiger partial charge on any atom is 0.273 e. The van der Waals surface area contributed by atoms with Crippen molar-refractivity contribution in [2.45, 2.75) is 6.04 Å². The zero-order valence-electron chi connectivity index (χ0n) is 13.1. The Kier molecular flexibility index (Phi) is 3.64. The third-order valence-electron chi connectivity index (χ3n) is 4.16. The lowest BCUT2D eigenvalue weighted by atomic mass is 10.0. The summed E-state index contributed by atoms with van der Waals surface area (Å²) in [4.78, 5) is 31.0. The highest BCUT2D eigenvalue weighted by molar-refractivity contribution is 5.98. The van der Waals surface area contributed by atoms with Gasteiger partial charge >= 0.3 is 0 Å². The van der Waals surface area contributed by atoms with Crippen LogP contribution in [0.1, 0.15) is 22.1 Å². The second-order valence-corrected chi connectivity index (χ2v) is 5.75. The van der Waals surface area contributed by atoms with Crippen molar-refractivity contribution in [3.05, 3.63) is 59.7 Å². The monoisotopic (exact) mass is 339 g/mol. The molecule has 4 rings (SSSR count). The molecule has 126 valence electrons. The Balaban J connectivity index is 1.72. The first-order valence-corrected chi connectivity index (χ1v) is 7.78. The van der Waals surface area contributed by atoms with Crippen LogP contribution < -0.4 is 5.32 Å². The number of aromatic amines is 1. The first-order chi connectivity index (χ1) is 12.1. The lowest BCUT2D eigenvalue weighted by molar-refractivity contribution is -0.128. The Hall–Kier alpha value is -3.29. The van der Waals surface area contributed by atoms with Gasteiger partial charge in [-0.1, -0.05) is 12.1 Å². The van der Waals surface area contributed by atoms with Crippen LogP contribution in [0.5, 0.6) is 0 Å². The van der Waals surface area contributed by atoms with E-state index in [0.29, 0.717) is 24.3 Å². The van der Waals surface area contributed by atoms with Crippen molar-refractivity contribution in [1.29, 1.82) is 0 Å². The summed E-state index contributed by atoms with van der Waals surface area (Å²) in [6.07, 6.45) is 1.61. The Labute approximate surface area is 141 Å². The molecule has 2 N–H and O–H groups in total. The highest BCUT2D eigenvalue weighted by Gasteiger charge is 2.35. The maximum absolute atomic E-state index is 13.6. The molecule has 2 aromatic heterocycles. The fourth-order valence-electron chi connectivity index (χ4n) is 2.99. The number of fused-ring (bicyclic) bond motifs is 1. The normalized spacial score (nSPS) is 17.6. The van der Waals surface area contributed by atoms with Crippen LogP contribution in [-0.4, -0.2) is 45.0 Å². The number of benzene rings is 1. The molecule has 2 amide bonds. The number of pyridine rings is 1. The molecule has 0 saturated carbocycles. The number of rotatable bonds is 2. The minimum Gasteiger partial charge on any atom is -0.352 e. The number of nitrogens with zero attached hydrogens (tertiary/aromatic N) is 3. The van der Waals surface area contributed by atoms with Crippen molar-refractivity contribution in [3.8, 4) is 0 Å². The standard InChI is InChI=1S/C17H14FN5O2/c18-12-3-1-2-10(8-12)14-16(24)19-6-7-23(14)17(25)13-5-4-11-9-20-22-15(11)21-13/h1-5,8-9,14H,6-7H2,(H,19,24)(H,20,21,22). The minimum atomic E-state index is -0.892. The summed E-state index contributed by atoms with van der Waals surface area (Å²) >= 11 is 0. The quantitative estimate of drug-likeness (QED) is 0.738. The number of hydrogen-bond acceptors (Lipinski definition) is 4. The fourth-order valence-corrected chi connectivity index (χ4v) is 2.99.